The Morgan fingerprint density at radius 1 is 1.05 bits per heavy atom. The standard InChI is InChI=1S/C18H26O3/c1-7-15(5)11-12-18(10-4,13-20-16(6)8-2)14-21-17(19)9-3/h7-9H,1-3,5-6,10-14H2,4H3. The molecule has 3 nitrogen and oxygen atoms in total. The van der Waals surface area contributed by atoms with Crippen molar-refractivity contribution in [1.29, 1.82) is 0 Å². The van der Waals surface area contributed by atoms with E-state index in [1.54, 1.807) is 12.2 Å². The van der Waals surface area contributed by atoms with Crippen LogP contribution in [0.1, 0.15) is 26.2 Å². The molecule has 0 aromatic rings. The summed E-state index contributed by atoms with van der Waals surface area (Å²) in [4.78, 5) is 11.3. The summed E-state index contributed by atoms with van der Waals surface area (Å²) in [6.45, 7) is 21.1. The summed E-state index contributed by atoms with van der Waals surface area (Å²) in [7, 11) is 0. The fourth-order valence-electron chi connectivity index (χ4n) is 1.68. The quantitative estimate of drug-likeness (QED) is 0.232. The first-order chi connectivity index (χ1) is 9.92. The molecule has 1 unspecified atom stereocenters. The van der Waals surface area contributed by atoms with Crippen LogP contribution in [0.4, 0.5) is 0 Å². The lowest BCUT2D eigenvalue weighted by Gasteiger charge is -2.32. The smallest absolute Gasteiger partial charge is 0.330 e. The number of hydrogen-bond donors (Lipinski definition) is 0. The van der Waals surface area contributed by atoms with Crippen molar-refractivity contribution >= 4 is 5.97 Å². The Balaban J connectivity index is 4.87. The molecule has 0 aliphatic rings. The van der Waals surface area contributed by atoms with Crippen molar-refractivity contribution in [2.75, 3.05) is 13.2 Å². The van der Waals surface area contributed by atoms with Gasteiger partial charge in [-0.1, -0.05) is 51.5 Å². The second-order valence-corrected chi connectivity index (χ2v) is 4.99. The van der Waals surface area contributed by atoms with Crippen molar-refractivity contribution in [3.63, 3.8) is 0 Å². The molecule has 0 spiro atoms. The van der Waals surface area contributed by atoms with Crippen LogP contribution in [-0.2, 0) is 14.3 Å². The van der Waals surface area contributed by atoms with Crippen molar-refractivity contribution in [1.82, 2.24) is 0 Å². The number of rotatable bonds is 12. The zero-order valence-corrected chi connectivity index (χ0v) is 13.0. The van der Waals surface area contributed by atoms with Gasteiger partial charge in [-0.2, -0.15) is 0 Å². The summed E-state index contributed by atoms with van der Waals surface area (Å²) in [5.41, 5.74) is 0.654. The average Bonchev–Trinajstić information content (AvgIpc) is 2.53. The zero-order chi connectivity index (χ0) is 16.3. The summed E-state index contributed by atoms with van der Waals surface area (Å²) in [6.07, 6.45) is 6.80. The Kier molecular flexibility index (Phi) is 8.86. The minimum Gasteiger partial charge on any atom is -0.494 e. The van der Waals surface area contributed by atoms with Crippen LogP contribution in [0.15, 0.2) is 62.5 Å². The van der Waals surface area contributed by atoms with E-state index < -0.39 is 5.97 Å². The van der Waals surface area contributed by atoms with Gasteiger partial charge in [0.2, 0.25) is 0 Å². The lowest BCUT2D eigenvalue weighted by atomic mass is 9.81. The molecule has 0 fully saturated rings. The Bertz CT molecular complexity index is 358. The predicted octanol–water partition coefficient (Wildman–Crippen LogP) is 4.35. The normalized spacial score (nSPS) is 12.6. The number of ether oxygens (including phenoxy) is 2. The third-order valence-electron chi connectivity index (χ3n) is 3.49. The summed E-state index contributed by atoms with van der Waals surface area (Å²) in [6, 6.07) is 0. The molecular formula is C18H26O3. The highest BCUT2D eigenvalue weighted by molar-refractivity contribution is 5.81. The van der Waals surface area contributed by atoms with Crippen LogP contribution in [0.25, 0.3) is 0 Å². The molecule has 0 amide bonds. The molecule has 0 aromatic carbocycles. The Hall–Kier alpha value is -2.03. The third-order valence-corrected chi connectivity index (χ3v) is 3.49. The second kappa shape index (κ2) is 9.81. The number of esters is 1. The van der Waals surface area contributed by atoms with Crippen LogP contribution >= 0.6 is 0 Å². The maximum atomic E-state index is 11.3. The van der Waals surface area contributed by atoms with E-state index in [9.17, 15) is 4.79 Å². The van der Waals surface area contributed by atoms with E-state index in [1.807, 2.05) is 6.92 Å². The molecule has 0 heterocycles. The highest BCUT2D eigenvalue weighted by atomic mass is 16.5. The van der Waals surface area contributed by atoms with Gasteiger partial charge in [0.15, 0.2) is 0 Å². The van der Waals surface area contributed by atoms with Crippen LogP contribution in [0, 0.1) is 5.41 Å². The van der Waals surface area contributed by atoms with Crippen molar-refractivity contribution in [2.24, 2.45) is 5.41 Å². The molecule has 3 heteroatoms. The lowest BCUT2D eigenvalue weighted by molar-refractivity contribution is -0.142. The molecular weight excluding hydrogens is 264 g/mol. The van der Waals surface area contributed by atoms with Crippen molar-refractivity contribution in [2.45, 2.75) is 26.2 Å². The van der Waals surface area contributed by atoms with E-state index in [1.165, 1.54) is 0 Å². The molecule has 0 bridgehead atoms. The van der Waals surface area contributed by atoms with E-state index >= 15 is 0 Å². The van der Waals surface area contributed by atoms with Gasteiger partial charge in [-0.3, -0.25) is 0 Å². The second-order valence-electron chi connectivity index (χ2n) is 4.99. The van der Waals surface area contributed by atoms with E-state index in [4.69, 9.17) is 9.47 Å². The largest absolute Gasteiger partial charge is 0.494 e. The summed E-state index contributed by atoms with van der Waals surface area (Å²) in [5.74, 6) is 0.0725. The average molecular weight is 290 g/mol. The molecule has 0 radical (unpaired) electrons. The van der Waals surface area contributed by atoms with Gasteiger partial charge in [0.05, 0.1) is 6.61 Å². The van der Waals surface area contributed by atoms with Crippen LogP contribution in [-0.4, -0.2) is 19.2 Å². The van der Waals surface area contributed by atoms with Crippen molar-refractivity contribution in [3.05, 3.63) is 62.5 Å². The summed E-state index contributed by atoms with van der Waals surface area (Å²) < 4.78 is 10.8. The number of hydrogen-bond acceptors (Lipinski definition) is 3. The lowest BCUT2D eigenvalue weighted by Crippen LogP contribution is -2.32. The van der Waals surface area contributed by atoms with E-state index in [0.29, 0.717) is 12.4 Å². The van der Waals surface area contributed by atoms with Crippen molar-refractivity contribution in [3.8, 4) is 0 Å². The number of allylic oxidation sites excluding steroid dienone is 3. The zero-order valence-electron chi connectivity index (χ0n) is 13.0. The van der Waals surface area contributed by atoms with Gasteiger partial charge in [-0.25, -0.2) is 4.79 Å². The Labute approximate surface area is 128 Å². The Morgan fingerprint density at radius 3 is 2.14 bits per heavy atom. The Morgan fingerprint density at radius 2 is 1.67 bits per heavy atom. The van der Waals surface area contributed by atoms with Crippen LogP contribution < -0.4 is 0 Å². The molecule has 0 saturated carbocycles. The van der Waals surface area contributed by atoms with E-state index in [0.717, 1.165) is 30.9 Å². The third kappa shape index (κ3) is 7.35. The molecule has 0 rings (SSSR count). The molecule has 1 atom stereocenters. The van der Waals surface area contributed by atoms with Crippen molar-refractivity contribution < 1.29 is 14.3 Å². The summed E-state index contributed by atoms with van der Waals surface area (Å²) >= 11 is 0. The molecule has 0 aliphatic carbocycles. The van der Waals surface area contributed by atoms with E-state index in [-0.39, 0.29) is 12.0 Å². The molecule has 0 aliphatic heterocycles. The van der Waals surface area contributed by atoms with Crippen LogP contribution in [0.2, 0.25) is 0 Å². The van der Waals surface area contributed by atoms with Crippen LogP contribution in [0.5, 0.6) is 0 Å². The highest BCUT2D eigenvalue weighted by Gasteiger charge is 2.31. The topological polar surface area (TPSA) is 35.5 Å². The minimum absolute atomic E-state index is 0.267. The maximum Gasteiger partial charge on any atom is 0.330 e. The first-order valence-corrected chi connectivity index (χ1v) is 6.96. The number of carbonyl (C=O) groups is 1. The first-order valence-electron chi connectivity index (χ1n) is 6.96. The molecule has 116 valence electrons. The monoisotopic (exact) mass is 290 g/mol. The fraction of sp³-hybridized carbons (Fsp3) is 0.389. The predicted molar refractivity (Wildman–Crippen MR) is 87.7 cm³/mol. The molecule has 0 saturated heterocycles. The van der Waals surface area contributed by atoms with Gasteiger partial charge in [0, 0.05) is 11.5 Å². The van der Waals surface area contributed by atoms with Crippen LogP contribution in [0.3, 0.4) is 0 Å². The number of carbonyl (C=O) groups excluding carboxylic acids is 1. The molecule has 21 heavy (non-hydrogen) atoms. The first kappa shape index (κ1) is 19.0. The SMILES string of the molecule is C=CC(=C)CCC(CC)(COC(=C)C=C)COC(=O)C=C. The summed E-state index contributed by atoms with van der Waals surface area (Å²) in [5, 5.41) is 0. The highest BCUT2D eigenvalue weighted by Crippen LogP contribution is 2.31. The van der Waals surface area contributed by atoms with Gasteiger partial charge in [-0.15, -0.1) is 0 Å². The van der Waals surface area contributed by atoms with Gasteiger partial charge < -0.3 is 9.47 Å². The van der Waals surface area contributed by atoms with E-state index in [2.05, 4.69) is 32.9 Å². The maximum absolute atomic E-state index is 11.3. The van der Waals surface area contributed by atoms with Gasteiger partial charge >= 0.3 is 5.97 Å². The van der Waals surface area contributed by atoms with Gasteiger partial charge in [0.1, 0.15) is 12.4 Å². The fourth-order valence-corrected chi connectivity index (χ4v) is 1.68. The minimum atomic E-state index is -0.432. The molecule has 0 N–H and O–H groups in total. The van der Waals surface area contributed by atoms with Gasteiger partial charge in [0.25, 0.3) is 0 Å². The molecule has 0 aromatic heterocycles. The van der Waals surface area contributed by atoms with Gasteiger partial charge in [-0.05, 0) is 25.3 Å².